The van der Waals surface area contributed by atoms with Gasteiger partial charge < -0.3 is 28.7 Å². The van der Waals surface area contributed by atoms with Crippen LogP contribution < -0.4 is 0 Å². The molecular weight excluding hydrogens is 901 g/mol. The van der Waals surface area contributed by atoms with E-state index in [1.165, 1.54) is 77.0 Å². The molecule has 0 bridgehead atoms. The third-order valence-electron chi connectivity index (χ3n) is 14.5. The summed E-state index contributed by atoms with van der Waals surface area (Å²) in [5.74, 6) is -0.296. The minimum atomic E-state index is -0.325. The largest absolute Gasteiger partial charge is 0.462 e. The van der Waals surface area contributed by atoms with Gasteiger partial charge in [-0.05, 0) is 136 Å². The van der Waals surface area contributed by atoms with Gasteiger partial charge in [0, 0.05) is 25.9 Å². The third kappa shape index (κ3) is 45.1. The molecule has 0 heterocycles. The average Bonchev–Trinajstić information content (AvgIpc) is 3.36. The topological polar surface area (TPSA) is 112 Å². The molecule has 0 saturated heterocycles. The van der Waals surface area contributed by atoms with Crippen LogP contribution in [0.5, 0.6) is 0 Å². The first-order valence-electron chi connectivity index (χ1n) is 31.2. The molecule has 0 aromatic carbocycles. The highest BCUT2D eigenvalue weighted by atomic mass is 16.6. The van der Waals surface area contributed by atoms with E-state index in [9.17, 15) is 19.2 Å². The summed E-state index contributed by atoms with van der Waals surface area (Å²) in [5.41, 5.74) is 0. The molecule has 10 nitrogen and oxygen atoms in total. The van der Waals surface area contributed by atoms with Gasteiger partial charge in [0.2, 0.25) is 0 Å². The van der Waals surface area contributed by atoms with Crippen molar-refractivity contribution < 1.29 is 38.1 Å². The number of unbranched alkanes of at least 4 members (excludes halogenated alkanes) is 24. The quantitative estimate of drug-likeness (QED) is 0.0334. The van der Waals surface area contributed by atoms with Gasteiger partial charge in [-0.1, -0.05) is 183 Å². The van der Waals surface area contributed by atoms with Crippen molar-refractivity contribution in [3.05, 3.63) is 0 Å². The second-order valence-corrected chi connectivity index (χ2v) is 21.9. The molecule has 0 aliphatic heterocycles. The van der Waals surface area contributed by atoms with E-state index in [0.29, 0.717) is 25.9 Å². The number of carbonyl (C=O) groups is 4. The van der Waals surface area contributed by atoms with E-state index in [1.54, 1.807) is 4.90 Å². The van der Waals surface area contributed by atoms with Gasteiger partial charge >= 0.3 is 24.0 Å². The van der Waals surface area contributed by atoms with Crippen LogP contribution in [-0.4, -0.2) is 91.9 Å². The van der Waals surface area contributed by atoms with Gasteiger partial charge in [-0.2, -0.15) is 0 Å². The van der Waals surface area contributed by atoms with Crippen LogP contribution >= 0.6 is 0 Å². The predicted molar refractivity (Wildman–Crippen MR) is 303 cm³/mol. The molecule has 0 saturated carbocycles. The van der Waals surface area contributed by atoms with Crippen LogP contribution in [0.4, 0.5) is 4.79 Å². The van der Waals surface area contributed by atoms with Crippen molar-refractivity contribution in [2.75, 3.05) is 33.7 Å². The molecule has 72 heavy (non-hydrogen) atoms. The molecule has 0 aliphatic carbocycles. The Morgan fingerprint density at radius 3 is 0.972 bits per heavy atom. The van der Waals surface area contributed by atoms with Crippen LogP contribution in [-0.2, 0) is 33.3 Å². The van der Waals surface area contributed by atoms with E-state index in [2.05, 4.69) is 46.4 Å². The summed E-state index contributed by atoms with van der Waals surface area (Å²) < 4.78 is 24.2. The Hall–Kier alpha value is -2.36. The average molecular weight is 1020 g/mol. The van der Waals surface area contributed by atoms with E-state index in [1.807, 2.05) is 14.1 Å². The Bertz CT molecular complexity index is 1150. The lowest BCUT2D eigenvalue weighted by Gasteiger charge is -2.26. The van der Waals surface area contributed by atoms with Crippen molar-refractivity contribution in [2.24, 2.45) is 0 Å². The minimum Gasteiger partial charge on any atom is -0.462 e. The zero-order valence-electron chi connectivity index (χ0n) is 49.0. The maximum absolute atomic E-state index is 13.9. The second kappa shape index (κ2) is 52.1. The summed E-state index contributed by atoms with van der Waals surface area (Å²) in [7, 11) is 4.07. The minimum absolute atomic E-state index is 0.0270. The summed E-state index contributed by atoms with van der Waals surface area (Å²) in [4.78, 5) is 56.5. The summed E-state index contributed by atoms with van der Waals surface area (Å²) >= 11 is 0. The standard InChI is InChI=1S/C62H120N2O8/c1-9-15-20-33-43-56(44-34-21-16-10-2)70-59(65)49-39-30-26-24-28-37-47-58(72-62(68)64(53-41-52-63(7)8)54-51-61(67)69-55(14-6)42-32-19-13-5)48-38-29-25-27-31-40-50-60(66)71-57(45-35-22-17-11-3)46-36-23-18-12-4/h55-58H,9-54H2,1-8H3. The number of ether oxygens (including phenoxy) is 4. The Kier molecular flexibility index (Phi) is 50.4. The zero-order valence-corrected chi connectivity index (χ0v) is 49.0. The Morgan fingerprint density at radius 1 is 0.306 bits per heavy atom. The highest BCUT2D eigenvalue weighted by Crippen LogP contribution is 2.22. The summed E-state index contributed by atoms with van der Waals surface area (Å²) in [6, 6.07) is 0. The number of hydrogen-bond acceptors (Lipinski definition) is 9. The lowest BCUT2D eigenvalue weighted by atomic mass is 10.0. The summed E-state index contributed by atoms with van der Waals surface area (Å²) in [5, 5.41) is 0. The fourth-order valence-electron chi connectivity index (χ4n) is 9.70. The molecule has 426 valence electrons. The van der Waals surface area contributed by atoms with Gasteiger partial charge in [0.05, 0.1) is 6.42 Å². The van der Waals surface area contributed by atoms with Gasteiger partial charge in [0.15, 0.2) is 0 Å². The number of amides is 1. The number of esters is 3. The van der Waals surface area contributed by atoms with Crippen LogP contribution in [0.1, 0.15) is 318 Å². The van der Waals surface area contributed by atoms with Crippen molar-refractivity contribution in [1.82, 2.24) is 9.80 Å². The van der Waals surface area contributed by atoms with Crippen molar-refractivity contribution in [2.45, 2.75) is 342 Å². The van der Waals surface area contributed by atoms with Crippen LogP contribution in [0.15, 0.2) is 0 Å². The molecule has 0 spiro atoms. The lowest BCUT2D eigenvalue weighted by molar-refractivity contribution is -0.151. The van der Waals surface area contributed by atoms with E-state index >= 15 is 0 Å². The lowest BCUT2D eigenvalue weighted by Crippen LogP contribution is -2.38. The highest BCUT2D eigenvalue weighted by Gasteiger charge is 2.23. The van der Waals surface area contributed by atoms with Gasteiger partial charge in [0.1, 0.15) is 24.4 Å². The predicted octanol–water partition coefficient (Wildman–Crippen LogP) is 18.0. The van der Waals surface area contributed by atoms with E-state index < -0.39 is 0 Å². The summed E-state index contributed by atoms with van der Waals surface area (Å²) in [6.07, 6.45) is 43.7. The molecule has 0 aromatic rings. The van der Waals surface area contributed by atoms with Crippen molar-refractivity contribution >= 4 is 24.0 Å². The molecule has 1 atom stereocenters. The Balaban J connectivity index is 5.29. The van der Waals surface area contributed by atoms with Crippen molar-refractivity contribution in [3.63, 3.8) is 0 Å². The van der Waals surface area contributed by atoms with Gasteiger partial charge in [-0.3, -0.25) is 14.4 Å². The van der Waals surface area contributed by atoms with Crippen LogP contribution in [0, 0.1) is 0 Å². The van der Waals surface area contributed by atoms with E-state index in [-0.39, 0.29) is 54.8 Å². The number of rotatable bonds is 54. The maximum Gasteiger partial charge on any atom is 0.410 e. The number of nitrogens with zero attached hydrogens (tertiary/aromatic N) is 2. The van der Waals surface area contributed by atoms with Crippen molar-refractivity contribution in [3.8, 4) is 0 Å². The molecule has 0 N–H and O–H groups in total. The molecule has 0 fully saturated rings. The molecule has 1 amide bonds. The van der Waals surface area contributed by atoms with Crippen LogP contribution in [0.2, 0.25) is 0 Å². The molecule has 0 radical (unpaired) electrons. The third-order valence-corrected chi connectivity index (χ3v) is 14.5. The number of hydrogen-bond donors (Lipinski definition) is 0. The SMILES string of the molecule is CCCCCCC(CCCCCC)OC(=O)CCCCCCCCC(CCCCCCCCC(=O)OC(CCCCCC)CCCCCC)OC(=O)N(CCCN(C)C)CCC(=O)OC(CC)CCCCC. The van der Waals surface area contributed by atoms with E-state index in [4.69, 9.17) is 18.9 Å². The van der Waals surface area contributed by atoms with E-state index in [0.717, 1.165) is 186 Å². The smallest absolute Gasteiger partial charge is 0.410 e. The Morgan fingerprint density at radius 2 is 0.597 bits per heavy atom. The van der Waals surface area contributed by atoms with Gasteiger partial charge in [0.25, 0.3) is 0 Å². The first-order valence-corrected chi connectivity index (χ1v) is 31.2. The molecule has 10 heteroatoms. The van der Waals surface area contributed by atoms with Gasteiger partial charge in [-0.25, -0.2) is 4.79 Å². The van der Waals surface area contributed by atoms with Crippen molar-refractivity contribution in [1.29, 1.82) is 0 Å². The first-order chi connectivity index (χ1) is 35.0. The second-order valence-electron chi connectivity index (χ2n) is 21.9. The molecule has 0 aliphatic rings. The fourth-order valence-corrected chi connectivity index (χ4v) is 9.70. The number of carbonyl (C=O) groups excluding carboxylic acids is 4. The van der Waals surface area contributed by atoms with Gasteiger partial charge in [-0.15, -0.1) is 0 Å². The zero-order chi connectivity index (χ0) is 53.1. The molecular formula is C62H120N2O8. The molecule has 1 unspecified atom stereocenters. The molecule has 0 rings (SSSR count). The van der Waals surface area contributed by atoms with Crippen LogP contribution in [0.3, 0.4) is 0 Å². The molecule has 0 aromatic heterocycles. The normalized spacial score (nSPS) is 12.1. The summed E-state index contributed by atoms with van der Waals surface area (Å²) in [6.45, 7) is 14.8. The van der Waals surface area contributed by atoms with Crippen LogP contribution in [0.25, 0.3) is 0 Å². The fraction of sp³-hybridized carbons (Fsp3) is 0.935. The highest BCUT2D eigenvalue weighted by molar-refractivity contribution is 5.72. The monoisotopic (exact) mass is 1020 g/mol. The first kappa shape index (κ1) is 69.6. The maximum atomic E-state index is 13.9. The Labute approximate surface area is 446 Å².